The van der Waals surface area contributed by atoms with Crippen molar-refractivity contribution in [3.05, 3.63) is 40.5 Å². The van der Waals surface area contributed by atoms with Gasteiger partial charge in [0.05, 0.1) is 0 Å². The molecule has 2 N–H and O–H groups in total. The van der Waals surface area contributed by atoms with E-state index in [0.717, 1.165) is 28.9 Å². The summed E-state index contributed by atoms with van der Waals surface area (Å²) in [7, 11) is 0. The Bertz CT molecular complexity index is 541. The quantitative estimate of drug-likeness (QED) is 0.893. The Kier molecular flexibility index (Phi) is 4.16. The lowest BCUT2D eigenvalue weighted by Crippen LogP contribution is -2.03. The van der Waals surface area contributed by atoms with Gasteiger partial charge in [-0.3, -0.25) is 0 Å². The number of hydrogen-bond acceptors (Lipinski definition) is 5. The lowest BCUT2D eigenvalue weighted by Gasteiger charge is -2.12. The molecule has 1 aromatic carbocycles. The molecule has 0 spiro atoms. The first-order valence-corrected chi connectivity index (χ1v) is 6.38. The normalized spacial score (nSPS) is 10.7. The van der Waals surface area contributed by atoms with Gasteiger partial charge in [-0.1, -0.05) is 24.2 Å². The van der Waals surface area contributed by atoms with Gasteiger partial charge in [0.1, 0.15) is 5.75 Å². The standard InChI is InChI=1S/C14H19N3O2/c1-4-13-16-12(17-19-13)8-18-14-9(2)5-11(7-15)6-10(14)3/h5-6H,4,7-8,15H2,1-3H3. The molecule has 5 nitrogen and oxygen atoms in total. The fraction of sp³-hybridized carbons (Fsp3) is 0.429. The minimum atomic E-state index is 0.313. The summed E-state index contributed by atoms with van der Waals surface area (Å²) in [5.74, 6) is 2.06. The summed E-state index contributed by atoms with van der Waals surface area (Å²) in [6, 6.07) is 4.08. The smallest absolute Gasteiger partial charge is 0.226 e. The fourth-order valence-electron chi connectivity index (χ4n) is 2.01. The van der Waals surface area contributed by atoms with Crippen LogP contribution in [-0.2, 0) is 19.6 Å². The second-order valence-corrected chi connectivity index (χ2v) is 4.51. The van der Waals surface area contributed by atoms with E-state index in [9.17, 15) is 0 Å². The first-order chi connectivity index (χ1) is 9.13. The first kappa shape index (κ1) is 13.5. The number of aryl methyl sites for hydroxylation is 3. The molecule has 0 saturated heterocycles. The molecule has 0 aliphatic rings. The van der Waals surface area contributed by atoms with Crippen LogP contribution in [-0.4, -0.2) is 10.1 Å². The predicted octanol–water partition coefficient (Wildman–Crippen LogP) is 2.29. The summed E-state index contributed by atoms with van der Waals surface area (Å²) >= 11 is 0. The molecule has 5 heteroatoms. The van der Waals surface area contributed by atoms with Crippen LogP contribution in [0, 0.1) is 13.8 Å². The van der Waals surface area contributed by atoms with Gasteiger partial charge in [-0.2, -0.15) is 4.98 Å². The van der Waals surface area contributed by atoms with Gasteiger partial charge in [-0.05, 0) is 30.5 Å². The Labute approximate surface area is 112 Å². The Morgan fingerprint density at radius 2 is 1.95 bits per heavy atom. The monoisotopic (exact) mass is 261 g/mol. The van der Waals surface area contributed by atoms with Gasteiger partial charge in [0.25, 0.3) is 0 Å². The van der Waals surface area contributed by atoms with Gasteiger partial charge in [-0.15, -0.1) is 0 Å². The molecule has 2 aromatic rings. The van der Waals surface area contributed by atoms with Crippen molar-refractivity contribution in [3.8, 4) is 5.75 Å². The lowest BCUT2D eigenvalue weighted by molar-refractivity contribution is 0.281. The zero-order chi connectivity index (χ0) is 13.8. The number of nitrogens with two attached hydrogens (primary N) is 1. The van der Waals surface area contributed by atoms with Crippen LogP contribution in [0.2, 0.25) is 0 Å². The molecular formula is C14H19N3O2. The maximum absolute atomic E-state index is 5.79. The summed E-state index contributed by atoms with van der Waals surface area (Å²) in [6.45, 7) is 6.84. The predicted molar refractivity (Wildman–Crippen MR) is 71.8 cm³/mol. The molecule has 0 aliphatic carbocycles. The van der Waals surface area contributed by atoms with Crippen LogP contribution < -0.4 is 10.5 Å². The lowest BCUT2D eigenvalue weighted by atomic mass is 10.1. The van der Waals surface area contributed by atoms with Crippen LogP contribution in [0.25, 0.3) is 0 Å². The maximum Gasteiger partial charge on any atom is 0.226 e. The summed E-state index contributed by atoms with van der Waals surface area (Å²) in [5, 5.41) is 3.86. The molecule has 0 amide bonds. The minimum Gasteiger partial charge on any atom is -0.485 e. The number of aromatic nitrogens is 2. The minimum absolute atomic E-state index is 0.313. The van der Waals surface area contributed by atoms with Crippen LogP contribution in [0.15, 0.2) is 16.7 Å². The van der Waals surface area contributed by atoms with Crippen LogP contribution in [0.4, 0.5) is 0 Å². The number of rotatable bonds is 5. The van der Waals surface area contributed by atoms with Gasteiger partial charge in [-0.25, -0.2) is 0 Å². The van der Waals surface area contributed by atoms with Crippen molar-refractivity contribution in [2.24, 2.45) is 5.73 Å². The molecule has 0 atom stereocenters. The van der Waals surface area contributed by atoms with E-state index >= 15 is 0 Å². The first-order valence-electron chi connectivity index (χ1n) is 6.38. The Morgan fingerprint density at radius 1 is 1.26 bits per heavy atom. The number of ether oxygens (including phenoxy) is 1. The number of hydrogen-bond donors (Lipinski definition) is 1. The molecule has 19 heavy (non-hydrogen) atoms. The third-order valence-corrected chi connectivity index (χ3v) is 2.91. The molecule has 0 saturated carbocycles. The van der Waals surface area contributed by atoms with Crippen molar-refractivity contribution in [2.75, 3.05) is 0 Å². The molecule has 102 valence electrons. The van der Waals surface area contributed by atoms with E-state index in [1.807, 2.05) is 32.9 Å². The molecule has 0 bridgehead atoms. The van der Waals surface area contributed by atoms with E-state index in [2.05, 4.69) is 10.1 Å². The van der Waals surface area contributed by atoms with Crippen molar-refractivity contribution in [1.82, 2.24) is 10.1 Å². The van der Waals surface area contributed by atoms with E-state index in [4.69, 9.17) is 15.0 Å². The topological polar surface area (TPSA) is 74.2 Å². The summed E-state index contributed by atoms with van der Waals surface area (Å²) in [5.41, 5.74) is 8.89. The van der Waals surface area contributed by atoms with Crippen LogP contribution in [0.5, 0.6) is 5.75 Å². The van der Waals surface area contributed by atoms with Gasteiger partial charge in [0.15, 0.2) is 6.61 Å². The zero-order valence-electron chi connectivity index (χ0n) is 11.6. The summed E-state index contributed by atoms with van der Waals surface area (Å²) in [6.07, 6.45) is 0.732. The Morgan fingerprint density at radius 3 is 2.47 bits per heavy atom. The average Bonchev–Trinajstić information content (AvgIpc) is 2.85. The van der Waals surface area contributed by atoms with Crippen molar-refractivity contribution >= 4 is 0 Å². The van der Waals surface area contributed by atoms with Crippen molar-refractivity contribution in [1.29, 1.82) is 0 Å². The summed E-state index contributed by atoms with van der Waals surface area (Å²) < 4.78 is 10.8. The second-order valence-electron chi connectivity index (χ2n) is 4.51. The van der Waals surface area contributed by atoms with Crippen molar-refractivity contribution in [3.63, 3.8) is 0 Å². The van der Waals surface area contributed by atoms with E-state index in [-0.39, 0.29) is 0 Å². The second kappa shape index (κ2) is 5.84. The van der Waals surface area contributed by atoms with Crippen LogP contribution in [0.3, 0.4) is 0 Å². The highest BCUT2D eigenvalue weighted by atomic mass is 16.5. The Hall–Kier alpha value is -1.88. The van der Waals surface area contributed by atoms with E-state index in [1.165, 1.54) is 0 Å². The SMILES string of the molecule is CCc1nc(COc2c(C)cc(CN)cc2C)no1. The highest BCUT2D eigenvalue weighted by Gasteiger charge is 2.09. The van der Waals surface area contributed by atoms with E-state index in [0.29, 0.717) is 24.9 Å². The van der Waals surface area contributed by atoms with E-state index < -0.39 is 0 Å². The number of benzene rings is 1. The van der Waals surface area contributed by atoms with Crippen LogP contribution in [0.1, 0.15) is 35.3 Å². The molecule has 2 rings (SSSR count). The maximum atomic E-state index is 5.79. The van der Waals surface area contributed by atoms with Gasteiger partial charge < -0.3 is 15.0 Å². The van der Waals surface area contributed by atoms with Gasteiger partial charge >= 0.3 is 0 Å². The van der Waals surface area contributed by atoms with Crippen molar-refractivity contribution < 1.29 is 9.26 Å². The third-order valence-electron chi connectivity index (χ3n) is 2.91. The molecule has 0 fully saturated rings. The van der Waals surface area contributed by atoms with Crippen LogP contribution >= 0.6 is 0 Å². The van der Waals surface area contributed by atoms with Crippen molar-refractivity contribution in [2.45, 2.75) is 40.3 Å². The average molecular weight is 261 g/mol. The largest absolute Gasteiger partial charge is 0.485 e. The molecule has 1 aromatic heterocycles. The highest BCUT2D eigenvalue weighted by Crippen LogP contribution is 2.25. The fourth-order valence-corrected chi connectivity index (χ4v) is 2.01. The Balaban J connectivity index is 2.11. The number of nitrogens with zero attached hydrogens (tertiary/aromatic N) is 2. The summed E-state index contributed by atoms with van der Waals surface area (Å²) in [4.78, 5) is 4.21. The van der Waals surface area contributed by atoms with E-state index in [1.54, 1.807) is 0 Å². The molecule has 0 unspecified atom stereocenters. The van der Waals surface area contributed by atoms with Gasteiger partial charge in [0, 0.05) is 13.0 Å². The molecule has 1 heterocycles. The molecular weight excluding hydrogens is 242 g/mol. The molecule has 0 aliphatic heterocycles. The molecule has 0 radical (unpaired) electrons. The highest BCUT2D eigenvalue weighted by molar-refractivity contribution is 5.43. The van der Waals surface area contributed by atoms with Gasteiger partial charge in [0.2, 0.25) is 11.7 Å². The third kappa shape index (κ3) is 3.12. The zero-order valence-corrected chi connectivity index (χ0v) is 11.6.